The predicted molar refractivity (Wildman–Crippen MR) is 129 cm³/mol. The van der Waals surface area contributed by atoms with Crippen LogP contribution in [0, 0.1) is 6.92 Å². The third-order valence-electron chi connectivity index (χ3n) is 5.94. The molecule has 1 aromatic heterocycles. The quantitative estimate of drug-likeness (QED) is 0.267. The van der Waals surface area contributed by atoms with Gasteiger partial charge in [0.2, 0.25) is 0 Å². The largest absolute Gasteiger partial charge is 0.457 e. The van der Waals surface area contributed by atoms with E-state index in [1.54, 1.807) is 0 Å². The van der Waals surface area contributed by atoms with Crippen LogP contribution in [0.15, 0.2) is 78.4 Å². The molecule has 5 N–H and O–H groups in total. The number of hydrogen-bond donors (Lipinski definition) is 3. The molecule has 0 aliphatic carbocycles. The maximum absolute atomic E-state index is 6.14. The summed E-state index contributed by atoms with van der Waals surface area (Å²) >= 11 is 0. The maximum atomic E-state index is 6.14. The van der Waals surface area contributed by atoms with Crippen molar-refractivity contribution in [3.8, 4) is 11.5 Å². The van der Waals surface area contributed by atoms with Crippen molar-refractivity contribution in [2.24, 2.45) is 0 Å². The molecule has 0 saturated heterocycles. The van der Waals surface area contributed by atoms with E-state index in [2.05, 4.69) is 73.5 Å². The van der Waals surface area contributed by atoms with Gasteiger partial charge in [-0.2, -0.15) is 0 Å². The Morgan fingerprint density at radius 3 is 2.26 bits per heavy atom. The number of fused-ring (bicyclic) bond motifs is 3. The van der Waals surface area contributed by atoms with Gasteiger partial charge in [0.1, 0.15) is 11.5 Å². The second kappa shape index (κ2) is 7.40. The molecule has 0 spiro atoms. The van der Waals surface area contributed by atoms with E-state index in [-0.39, 0.29) is 5.92 Å². The third kappa shape index (κ3) is 3.36. The fraction of sp³-hybridized carbons (Fsp3) is 0.111. The lowest BCUT2D eigenvalue weighted by Crippen LogP contribution is -2.12. The molecule has 0 fully saturated rings. The van der Waals surface area contributed by atoms with Crippen LogP contribution in [0.25, 0.3) is 17.0 Å². The van der Waals surface area contributed by atoms with Crippen LogP contribution >= 0.6 is 0 Å². The minimum atomic E-state index is 0.0775. The molecule has 1 aliphatic heterocycles. The number of nitrogens with two attached hydrogens (primary N) is 2. The topological polar surface area (TPSA) is 77.1 Å². The monoisotopic (exact) mass is 407 g/mol. The van der Waals surface area contributed by atoms with Crippen LogP contribution in [0.4, 0.5) is 11.4 Å². The highest BCUT2D eigenvalue weighted by atomic mass is 16.5. The lowest BCUT2D eigenvalue weighted by molar-refractivity contribution is 0.452. The fourth-order valence-corrected chi connectivity index (χ4v) is 4.44. The van der Waals surface area contributed by atoms with Crippen molar-refractivity contribution < 1.29 is 4.74 Å². The standard InChI is InChI=1S/C27H25N3O/c1-16(6-5-8-20-17(2)30-24-9-4-3-7-21(20)24)27-22-12-10-18(28)14-25(22)31-26-15-19(29)11-13-23(26)27/h3-15,27,30H,28-29H2,1-2H3/b8-5-,16-6+. The van der Waals surface area contributed by atoms with E-state index in [4.69, 9.17) is 16.2 Å². The van der Waals surface area contributed by atoms with Crippen LogP contribution in [-0.2, 0) is 0 Å². The summed E-state index contributed by atoms with van der Waals surface area (Å²) < 4.78 is 6.14. The van der Waals surface area contributed by atoms with E-state index in [9.17, 15) is 0 Å². The van der Waals surface area contributed by atoms with Crippen LogP contribution in [0.2, 0.25) is 0 Å². The molecule has 154 valence electrons. The molecule has 1 aliphatic rings. The number of aromatic amines is 1. The number of nitrogens with one attached hydrogen (secondary N) is 1. The SMILES string of the molecule is C/C(=C\C=C/c1c(C)[nH]c2ccccc12)C1c2ccc(N)cc2Oc2cc(N)ccc21. The Labute approximate surface area is 181 Å². The van der Waals surface area contributed by atoms with Gasteiger partial charge in [0.15, 0.2) is 0 Å². The van der Waals surface area contributed by atoms with Crippen LogP contribution in [0.3, 0.4) is 0 Å². The van der Waals surface area contributed by atoms with Gasteiger partial charge in [0.25, 0.3) is 0 Å². The van der Waals surface area contributed by atoms with Gasteiger partial charge in [0.05, 0.1) is 0 Å². The van der Waals surface area contributed by atoms with E-state index in [0.717, 1.165) is 33.8 Å². The first-order valence-corrected chi connectivity index (χ1v) is 10.4. The molecular formula is C27H25N3O. The molecule has 0 radical (unpaired) electrons. The zero-order chi connectivity index (χ0) is 21.5. The summed E-state index contributed by atoms with van der Waals surface area (Å²) in [5.41, 5.74) is 20.4. The molecule has 3 aromatic carbocycles. The minimum Gasteiger partial charge on any atom is -0.457 e. The zero-order valence-electron chi connectivity index (χ0n) is 17.6. The number of rotatable bonds is 3. The van der Waals surface area contributed by atoms with Gasteiger partial charge in [0, 0.05) is 62.7 Å². The summed E-state index contributed by atoms with van der Waals surface area (Å²) in [5, 5.41) is 1.23. The number of ether oxygens (including phenoxy) is 1. The molecule has 4 nitrogen and oxygen atoms in total. The summed E-state index contributed by atoms with van der Waals surface area (Å²) in [6.45, 7) is 4.26. The summed E-state index contributed by atoms with van der Waals surface area (Å²) in [6, 6.07) is 20.1. The van der Waals surface area contributed by atoms with E-state index in [1.165, 1.54) is 16.5 Å². The number of H-pyrrole nitrogens is 1. The van der Waals surface area contributed by atoms with Crippen LogP contribution in [0.1, 0.15) is 35.2 Å². The Kier molecular flexibility index (Phi) is 4.55. The molecule has 4 aromatic rings. The highest BCUT2D eigenvalue weighted by Gasteiger charge is 2.28. The van der Waals surface area contributed by atoms with Crippen LogP contribution in [0.5, 0.6) is 11.5 Å². The number of allylic oxidation sites excluding steroid dienone is 3. The number of anilines is 2. The van der Waals surface area contributed by atoms with Gasteiger partial charge in [-0.25, -0.2) is 0 Å². The first-order chi connectivity index (χ1) is 15.0. The molecule has 4 heteroatoms. The third-order valence-corrected chi connectivity index (χ3v) is 5.94. The summed E-state index contributed by atoms with van der Waals surface area (Å²) in [6.07, 6.45) is 6.48. The molecule has 2 heterocycles. The van der Waals surface area contributed by atoms with Gasteiger partial charge in [-0.15, -0.1) is 0 Å². The Bertz CT molecular complexity index is 1310. The second-order valence-electron chi connectivity index (χ2n) is 8.11. The first kappa shape index (κ1) is 19.1. The van der Waals surface area contributed by atoms with E-state index >= 15 is 0 Å². The molecule has 0 saturated carbocycles. The smallest absolute Gasteiger partial charge is 0.133 e. The van der Waals surface area contributed by atoms with Gasteiger partial charge in [-0.1, -0.05) is 54.1 Å². The van der Waals surface area contributed by atoms with E-state index in [0.29, 0.717) is 11.4 Å². The molecule has 0 bridgehead atoms. The second-order valence-corrected chi connectivity index (χ2v) is 8.11. The van der Waals surface area contributed by atoms with Gasteiger partial charge < -0.3 is 21.2 Å². The highest BCUT2D eigenvalue weighted by Crippen LogP contribution is 2.48. The Morgan fingerprint density at radius 1 is 0.935 bits per heavy atom. The zero-order valence-corrected chi connectivity index (χ0v) is 17.6. The van der Waals surface area contributed by atoms with Crippen molar-refractivity contribution in [1.82, 2.24) is 4.98 Å². The fourth-order valence-electron chi connectivity index (χ4n) is 4.44. The number of aryl methyl sites for hydroxylation is 1. The van der Waals surface area contributed by atoms with E-state index in [1.807, 2.05) is 24.3 Å². The normalized spacial score (nSPS) is 13.9. The number of nitrogen functional groups attached to an aromatic ring is 2. The van der Waals surface area contributed by atoms with Crippen LogP contribution < -0.4 is 16.2 Å². The lowest BCUT2D eigenvalue weighted by atomic mass is 9.82. The van der Waals surface area contributed by atoms with Gasteiger partial charge >= 0.3 is 0 Å². The molecule has 5 rings (SSSR count). The van der Waals surface area contributed by atoms with Crippen molar-refractivity contribution in [1.29, 1.82) is 0 Å². The van der Waals surface area contributed by atoms with Crippen molar-refractivity contribution in [2.45, 2.75) is 19.8 Å². The number of aromatic nitrogens is 1. The van der Waals surface area contributed by atoms with Crippen molar-refractivity contribution in [2.75, 3.05) is 11.5 Å². The lowest BCUT2D eigenvalue weighted by Gasteiger charge is -2.29. The van der Waals surface area contributed by atoms with Crippen molar-refractivity contribution in [3.63, 3.8) is 0 Å². The van der Waals surface area contributed by atoms with Crippen LogP contribution in [-0.4, -0.2) is 4.98 Å². The molecule has 0 unspecified atom stereocenters. The predicted octanol–water partition coefficient (Wildman–Crippen LogP) is 6.54. The average molecular weight is 408 g/mol. The van der Waals surface area contributed by atoms with Gasteiger partial charge in [-0.05, 0) is 32.0 Å². The molecule has 31 heavy (non-hydrogen) atoms. The maximum Gasteiger partial charge on any atom is 0.133 e. The summed E-state index contributed by atoms with van der Waals surface area (Å²) in [5.74, 6) is 1.65. The number of hydrogen-bond acceptors (Lipinski definition) is 3. The van der Waals surface area contributed by atoms with Gasteiger partial charge in [-0.3, -0.25) is 0 Å². The minimum absolute atomic E-state index is 0.0775. The highest BCUT2D eigenvalue weighted by molar-refractivity contribution is 5.90. The Hall–Kier alpha value is -3.92. The first-order valence-electron chi connectivity index (χ1n) is 10.4. The Balaban J connectivity index is 1.55. The molecule has 0 amide bonds. The van der Waals surface area contributed by atoms with Crippen molar-refractivity contribution in [3.05, 3.63) is 101 Å². The van der Waals surface area contributed by atoms with E-state index < -0.39 is 0 Å². The van der Waals surface area contributed by atoms with Crippen molar-refractivity contribution >= 4 is 28.4 Å². The Morgan fingerprint density at radius 2 is 1.58 bits per heavy atom. The average Bonchev–Trinajstić information content (AvgIpc) is 3.07. The number of benzene rings is 3. The number of para-hydroxylation sites is 1. The molecular weight excluding hydrogens is 382 g/mol. The summed E-state index contributed by atoms with van der Waals surface area (Å²) in [7, 11) is 0. The molecule has 0 atom stereocenters. The summed E-state index contributed by atoms with van der Waals surface area (Å²) in [4.78, 5) is 3.45.